The van der Waals surface area contributed by atoms with Crippen LogP contribution in [0, 0.1) is 0 Å². The Labute approximate surface area is 104 Å². The zero-order chi connectivity index (χ0) is 12.8. The van der Waals surface area contributed by atoms with Crippen molar-refractivity contribution in [3.05, 3.63) is 29.8 Å². The van der Waals surface area contributed by atoms with E-state index >= 15 is 0 Å². The molecule has 1 aromatic carbocycles. The molecular formula is C11H15ClN2O3. The third-order valence-corrected chi connectivity index (χ3v) is 2.47. The number of aliphatic hydroxyl groups is 3. The van der Waals surface area contributed by atoms with E-state index in [0.29, 0.717) is 17.1 Å². The maximum Gasteiger partial charge on any atom is 0.115 e. The average Bonchev–Trinajstić information content (AvgIpc) is 2.37. The summed E-state index contributed by atoms with van der Waals surface area (Å²) < 4.78 is 0. The number of alkyl halides is 1. The van der Waals surface area contributed by atoms with Crippen molar-refractivity contribution >= 4 is 23.1 Å². The lowest BCUT2D eigenvalue weighted by molar-refractivity contribution is -0.0152. The molecule has 0 radical (unpaired) electrons. The first-order chi connectivity index (χ1) is 8.08. The number of amidine groups is 1. The number of halogens is 1. The van der Waals surface area contributed by atoms with Gasteiger partial charge in [0.2, 0.25) is 0 Å². The first kappa shape index (κ1) is 13.9. The van der Waals surface area contributed by atoms with E-state index in [0.717, 1.165) is 0 Å². The van der Waals surface area contributed by atoms with Gasteiger partial charge in [-0.05, 0) is 17.7 Å². The Morgan fingerprint density at radius 1 is 1.29 bits per heavy atom. The van der Waals surface area contributed by atoms with Crippen LogP contribution < -0.4 is 5.73 Å². The van der Waals surface area contributed by atoms with Gasteiger partial charge in [-0.15, -0.1) is 11.6 Å². The van der Waals surface area contributed by atoms with E-state index in [9.17, 15) is 10.2 Å². The molecule has 0 aliphatic rings. The summed E-state index contributed by atoms with van der Waals surface area (Å²) in [6.45, 7) is -0.500. The van der Waals surface area contributed by atoms with Crippen LogP contribution in [0.1, 0.15) is 11.7 Å². The van der Waals surface area contributed by atoms with Crippen LogP contribution in [-0.2, 0) is 0 Å². The largest absolute Gasteiger partial charge is 0.394 e. The number of hydrogen-bond acceptors (Lipinski definition) is 4. The summed E-state index contributed by atoms with van der Waals surface area (Å²) in [5.74, 6) is 0.448. The highest BCUT2D eigenvalue weighted by Crippen LogP contribution is 2.20. The summed E-state index contributed by atoms with van der Waals surface area (Å²) in [6, 6.07) is 6.48. The molecule has 0 spiro atoms. The summed E-state index contributed by atoms with van der Waals surface area (Å²) in [6.07, 6.45) is -2.32. The molecule has 0 bridgehead atoms. The van der Waals surface area contributed by atoms with E-state index in [1.165, 1.54) is 0 Å². The first-order valence-electron chi connectivity index (χ1n) is 5.04. The van der Waals surface area contributed by atoms with Crippen molar-refractivity contribution in [1.29, 1.82) is 0 Å². The Bertz CT molecular complexity index is 381. The van der Waals surface area contributed by atoms with Gasteiger partial charge < -0.3 is 21.1 Å². The fourth-order valence-corrected chi connectivity index (χ4v) is 1.32. The number of hydrogen-bond donors (Lipinski definition) is 4. The van der Waals surface area contributed by atoms with Crippen LogP contribution in [0.4, 0.5) is 5.69 Å². The Morgan fingerprint density at radius 3 is 2.35 bits per heavy atom. The van der Waals surface area contributed by atoms with Crippen molar-refractivity contribution in [1.82, 2.24) is 0 Å². The minimum Gasteiger partial charge on any atom is -0.394 e. The fraction of sp³-hybridized carbons (Fsp3) is 0.364. The SMILES string of the molecule is NC(CCl)=Nc1ccc(C(O)C(O)CO)cc1. The predicted molar refractivity (Wildman–Crippen MR) is 66.5 cm³/mol. The smallest absolute Gasteiger partial charge is 0.115 e. The van der Waals surface area contributed by atoms with E-state index in [1.54, 1.807) is 24.3 Å². The highest BCUT2D eigenvalue weighted by atomic mass is 35.5. The molecule has 0 saturated heterocycles. The lowest BCUT2D eigenvalue weighted by Gasteiger charge is -2.15. The lowest BCUT2D eigenvalue weighted by atomic mass is 10.0. The van der Waals surface area contributed by atoms with Gasteiger partial charge in [0.05, 0.1) is 18.2 Å². The minimum atomic E-state index is -1.20. The van der Waals surface area contributed by atoms with E-state index in [1.807, 2.05) is 0 Å². The molecular weight excluding hydrogens is 244 g/mol. The van der Waals surface area contributed by atoms with Crippen molar-refractivity contribution in [2.24, 2.45) is 10.7 Å². The maximum atomic E-state index is 9.62. The molecule has 2 unspecified atom stereocenters. The van der Waals surface area contributed by atoms with Gasteiger partial charge in [-0.3, -0.25) is 0 Å². The van der Waals surface area contributed by atoms with Gasteiger partial charge in [-0.1, -0.05) is 12.1 Å². The molecule has 0 saturated carbocycles. The Morgan fingerprint density at radius 2 is 1.88 bits per heavy atom. The van der Waals surface area contributed by atoms with Crippen molar-refractivity contribution in [3.8, 4) is 0 Å². The topological polar surface area (TPSA) is 99.1 Å². The molecule has 0 fully saturated rings. The zero-order valence-electron chi connectivity index (χ0n) is 9.12. The molecule has 6 heteroatoms. The van der Waals surface area contributed by atoms with Crippen molar-refractivity contribution in [2.75, 3.05) is 12.5 Å². The van der Waals surface area contributed by atoms with Crippen LogP contribution in [0.2, 0.25) is 0 Å². The lowest BCUT2D eigenvalue weighted by Crippen LogP contribution is -2.21. The summed E-state index contributed by atoms with van der Waals surface area (Å²) in [5, 5.41) is 27.6. The molecule has 5 N–H and O–H groups in total. The van der Waals surface area contributed by atoms with E-state index < -0.39 is 18.8 Å². The molecule has 5 nitrogen and oxygen atoms in total. The van der Waals surface area contributed by atoms with Crippen LogP contribution in [0.3, 0.4) is 0 Å². The molecule has 2 atom stereocenters. The molecule has 0 aliphatic carbocycles. The predicted octanol–water partition coefficient (Wildman–Crippen LogP) is 0.301. The van der Waals surface area contributed by atoms with Crippen LogP contribution in [0.25, 0.3) is 0 Å². The number of rotatable bonds is 5. The molecule has 1 aromatic rings. The normalized spacial score (nSPS) is 15.6. The molecule has 0 aliphatic heterocycles. The summed E-state index contributed by atoms with van der Waals surface area (Å²) in [7, 11) is 0. The van der Waals surface area contributed by atoms with Gasteiger partial charge in [0.25, 0.3) is 0 Å². The van der Waals surface area contributed by atoms with Crippen LogP contribution >= 0.6 is 11.6 Å². The van der Waals surface area contributed by atoms with Crippen LogP contribution in [0.15, 0.2) is 29.3 Å². The summed E-state index contributed by atoms with van der Waals surface area (Å²) >= 11 is 5.49. The molecule has 94 valence electrons. The highest BCUT2D eigenvalue weighted by molar-refractivity contribution is 6.28. The van der Waals surface area contributed by atoms with Gasteiger partial charge in [0.1, 0.15) is 18.0 Å². The van der Waals surface area contributed by atoms with Crippen LogP contribution in [-0.4, -0.2) is 39.7 Å². The second kappa shape index (κ2) is 6.56. The number of aliphatic imine (C=N–C) groups is 1. The van der Waals surface area contributed by atoms with Crippen molar-refractivity contribution in [2.45, 2.75) is 12.2 Å². The summed E-state index contributed by atoms with van der Waals surface area (Å²) in [4.78, 5) is 4.01. The van der Waals surface area contributed by atoms with Crippen LogP contribution in [0.5, 0.6) is 0 Å². The standard InChI is InChI=1S/C11H15ClN2O3/c12-5-10(13)14-8-3-1-7(2-4-8)11(17)9(16)6-15/h1-4,9,11,15-17H,5-6H2,(H2,13,14). The van der Waals surface area contributed by atoms with Gasteiger partial charge in [-0.25, -0.2) is 4.99 Å². The third-order valence-electron chi connectivity index (χ3n) is 2.20. The quantitative estimate of drug-likeness (QED) is 0.347. The van der Waals surface area contributed by atoms with Crippen molar-refractivity contribution in [3.63, 3.8) is 0 Å². The number of aliphatic hydroxyl groups excluding tert-OH is 3. The number of benzene rings is 1. The molecule has 0 amide bonds. The van der Waals surface area contributed by atoms with Crippen molar-refractivity contribution < 1.29 is 15.3 Å². The highest BCUT2D eigenvalue weighted by Gasteiger charge is 2.16. The minimum absolute atomic E-state index is 0.146. The Balaban J connectivity index is 2.81. The maximum absolute atomic E-state index is 9.62. The van der Waals surface area contributed by atoms with E-state index in [2.05, 4.69) is 4.99 Å². The monoisotopic (exact) mass is 258 g/mol. The molecule has 0 heterocycles. The zero-order valence-corrected chi connectivity index (χ0v) is 9.88. The number of nitrogens with zero attached hydrogens (tertiary/aromatic N) is 1. The fourth-order valence-electron chi connectivity index (χ4n) is 1.26. The van der Waals surface area contributed by atoms with Gasteiger partial charge in [-0.2, -0.15) is 0 Å². The molecule has 1 rings (SSSR count). The third kappa shape index (κ3) is 3.98. The Kier molecular flexibility index (Phi) is 5.37. The number of nitrogens with two attached hydrogens (primary N) is 1. The van der Waals surface area contributed by atoms with Gasteiger partial charge in [0, 0.05) is 0 Å². The Hall–Kier alpha value is -1.14. The van der Waals surface area contributed by atoms with E-state index in [-0.39, 0.29) is 5.88 Å². The first-order valence-corrected chi connectivity index (χ1v) is 5.58. The van der Waals surface area contributed by atoms with Gasteiger partial charge >= 0.3 is 0 Å². The molecule has 0 aromatic heterocycles. The molecule has 17 heavy (non-hydrogen) atoms. The van der Waals surface area contributed by atoms with E-state index in [4.69, 9.17) is 22.4 Å². The van der Waals surface area contributed by atoms with Gasteiger partial charge in [0.15, 0.2) is 0 Å². The second-order valence-electron chi connectivity index (χ2n) is 3.52. The average molecular weight is 259 g/mol. The second-order valence-corrected chi connectivity index (χ2v) is 3.79. The summed E-state index contributed by atoms with van der Waals surface area (Å²) in [5.41, 5.74) is 6.57.